The van der Waals surface area contributed by atoms with Gasteiger partial charge in [-0.15, -0.1) is 0 Å². The summed E-state index contributed by atoms with van der Waals surface area (Å²) in [5.74, 6) is -0.229. The van der Waals surface area contributed by atoms with Crippen LogP contribution in [0, 0.1) is 6.92 Å². The van der Waals surface area contributed by atoms with Crippen molar-refractivity contribution >= 4 is 5.91 Å². The molecule has 2 aromatic heterocycles. The van der Waals surface area contributed by atoms with E-state index in [1.165, 1.54) is 6.26 Å². The molecule has 0 fully saturated rings. The zero-order chi connectivity index (χ0) is 18.7. The monoisotopic (exact) mass is 364 g/mol. The van der Waals surface area contributed by atoms with E-state index < -0.39 is 17.8 Å². The summed E-state index contributed by atoms with van der Waals surface area (Å²) in [4.78, 5) is 16.2. The molecule has 0 saturated carbocycles. The molecular weight excluding hydrogens is 349 g/mol. The second-order valence-electron chi connectivity index (χ2n) is 5.68. The van der Waals surface area contributed by atoms with Crippen molar-refractivity contribution in [1.82, 2.24) is 20.5 Å². The van der Waals surface area contributed by atoms with Crippen LogP contribution in [0.3, 0.4) is 0 Å². The first-order valence-corrected chi connectivity index (χ1v) is 7.75. The molecule has 9 heteroatoms. The number of oxazole rings is 1. The molecule has 0 saturated heterocycles. The first-order chi connectivity index (χ1) is 12.3. The molecule has 0 spiro atoms. The number of hydrogen-bond donors (Lipinski definition) is 2. The molecule has 6 nitrogen and oxygen atoms in total. The summed E-state index contributed by atoms with van der Waals surface area (Å²) in [6, 6.07) is 8.34. The molecule has 0 bridgehead atoms. The number of amides is 1. The van der Waals surface area contributed by atoms with E-state index in [-0.39, 0.29) is 12.2 Å². The second-order valence-corrected chi connectivity index (χ2v) is 5.68. The zero-order valence-corrected chi connectivity index (χ0v) is 13.7. The number of aromatic amines is 1. The highest BCUT2D eigenvalue weighted by Crippen LogP contribution is 2.27. The van der Waals surface area contributed by atoms with Crippen molar-refractivity contribution in [3.8, 4) is 11.5 Å². The summed E-state index contributed by atoms with van der Waals surface area (Å²) >= 11 is 0. The van der Waals surface area contributed by atoms with Crippen LogP contribution in [0.4, 0.5) is 13.2 Å². The summed E-state index contributed by atoms with van der Waals surface area (Å²) in [5.41, 5.74) is 1.19. The van der Waals surface area contributed by atoms with E-state index in [2.05, 4.69) is 15.4 Å². The maximum absolute atomic E-state index is 12.5. The van der Waals surface area contributed by atoms with Gasteiger partial charge in [-0.1, -0.05) is 17.7 Å². The Morgan fingerprint density at radius 1 is 1.27 bits per heavy atom. The topological polar surface area (TPSA) is 83.8 Å². The van der Waals surface area contributed by atoms with E-state index in [1.54, 1.807) is 5.10 Å². The van der Waals surface area contributed by atoms with Gasteiger partial charge >= 0.3 is 6.18 Å². The van der Waals surface area contributed by atoms with Crippen LogP contribution >= 0.6 is 0 Å². The molecule has 3 aromatic rings. The Kier molecular flexibility index (Phi) is 4.79. The average Bonchev–Trinajstić information content (AvgIpc) is 3.24. The standard InChI is InChI=1S/C17H15F3N4O2/c1-10-2-4-11(5-3-10)16-22-12(9-26-16)6-7-21-15(25)13-8-14(24-23-13)17(18,19)20/h2-5,8-9H,6-7H2,1H3,(H,21,25)(H,23,24). The van der Waals surface area contributed by atoms with Crippen LogP contribution in [0.5, 0.6) is 0 Å². The number of aryl methyl sites for hydroxylation is 1. The first kappa shape index (κ1) is 17.7. The van der Waals surface area contributed by atoms with Crippen molar-refractivity contribution < 1.29 is 22.4 Å². The Bertz CT molecular complexity index is 897. The molecule has 26 heavy (non-hydrogen) atoms. The Labute approximate surface area is 146 Å². The Morgan fingerprint density at radius 2 is 2.00 bits per heavy atom. The quantitative estimate of drug-likeness (QED) is 0.727. The van der Waals surface area contributed by atoms with Gasteiger partial charge in [-0.3, -0.25) is 9.89 Å². The van der Waals surface area contributed by atoms with Crippen LogP contribution in [-0.4, -0.2) is 27.6 Å². The molecule has 136 valence electrons. The predicted molar refractivity (Wildman–Crippen MR) is 86.3 cm³/mol. The fourth-order valence-electron chi connectivity index (χ4n) is 2.23. The second kappa shape index (κ2) is 7.03. The smallest absolute Gasteiger partial charge is 0.432 e. The van der Waals surface area contributed by atoms with Crippen molar-refractivity contribution in [2.45, 2.75) is 19.5 Å². The molecule has 3 rings (SSSR count). The number of nitrogens with one attached hydrogen (secondary N) is 2. The van der Waals surface area contributed by atoms with Crippen molar-refractivity contribution in [2.24, 2.45) is 0 Å². The number of aromatic nitrogens is 3. The van der Waals surface area contributed by atoms with Crippen molar-refractivity contribution in [1.29, 1.82) is 0 Å². The predicted octanol–water partition coefficient (Wildman–Crippen LogP) is 3.36. The van der Waals surface area contributed by atoms with Gasteiger partial charge in [0.2, 0.25) is 5.89 Å². The molecule has 2 heterocycles. The third kappa shape index (κ3) is 4.11. The number of H-pyrrole nitrogens is 1. The number of benzene rings is 1. The Morgan fingerprint density at radius 3 is 2.65 bits per heavy atom. The van der Waals surface area contributed by atoms with Gasteiger partial charge < -0.3 is 9.73 Å². The van der Waals surface area contributed by atoms with Crippen molar-refractivity contribution in [3.05, 3.63) is 59.2 Å². The fraction of sp³-hybridized carbons (Fsp3) is 0.235. The van der Waals surface area contributed by atoms with Gasteiger partial charge in [0.15, 0.2) is 5.69 Å². The number of carbonyl (C=O) groups excluding carboxylic acids is 1. The lowest BCUT2D eigenvalue weighted by Gasteiger charge is -2.01. The van der Waals surface area contributed by atoms with E-state index in [0.29, 0.717) is 24.1 Å². The van der Waals surface area contributed by atoms with Gasteiger partial charge in [0.05, 0.1) is 5.69 Å². The molecule has 0 radical (unpaired) electrons. The van der Waals surface area contributed by atoms with Gasteiger partial charge in [0, 0.05) is 24.6 Å². The van der Waals surface area contributed by atoms with Crippen LogP contribution in [-0.2, 0) is 12.6 Å². The van der Waals surface area contributed by atoms with Crippen molar-refractivity contribution in [3.63, 3.8) is 0 Å². The number of hydrogen-bond acceptors (Lipinski definition) is 4. The average molecular weight is 364 g/mol. The number of carbonyl (C=O) groups is 1. The van der Waals surface area contributed by atoms with Gasteiger partial charge in [0.1, 0.15) is 12.0 Å². The minimum Gasteiger partial charge on any atom is -0.444 e. The number of nitrogens with zero attached hydrogens (tertiary/aromatic N) is 2. The summed E-state index contributed by atoms with van der Waals surface area (Å²) in [5, 5.41) is 7.66. The van der Waals surface area contributed by atoms with Gasteiger partial charge in [-0.05, 0) is 19.1 Å². The van der Waals surface area contributed by atoms with E-state index in [0.717, 1.165) is 11.1 Å². The molecule has 0 aliphatic rings. The molecule has 1 aromatic carbocycles. The zero-order valence-electron chi connectivity index (χ0n) is 13.7. The maximum atomic E-state index is 12.5. The molecule has 0 aliphatic heterocycles. The Hall–Kier alpha value is -3.10. The van der Waals surface area contributed by atoms with Crippen LogP contribution in [0.15, 0.2) is 41.0 Å². The van der Waals surface area contributed by atoms with Gasteiger partial charge in [-0.25, -0.2) is 4.98 Å². The van der Waals surface area contributed by atoms with E-state index >= 15 is 0 Å². The molecule has 0 unspecified atom stereocenters. The molecule has 0 aliphatic carbocycles. The van der Waals surface area contributed by atoms with E-state index in [1.807, 2.05) is 31.2 Å². The molecule has 1 amide bonds. The lowest BCUT2D eigenvalue weighted by atomic mass is 10.1. The third-order valence-electron chi connectivity index (χ3n) is 3.63. The fourth-order valence-corrected chi connectivity index (χ4v) is 2.23. The highest BCUT2D eigenvalue weighted by Gasteiger charge is 2.33. The van der Waals surface area contributed by atoms with Gasteiger partial charge in [-0.2, -0.15) is 18.3 Å². The molecule has 2 N–H and O–H groups in total. The SMILES string of the molecule is Cc1ccc(-c2nc(CCNC(=O)c3cc(C(F)(F)F)[nH]n3)co2)cc1. The van der Waals surface area contributed by atoms with E-state index in [4.69, 9.17) is 4.42 Å². The summed E-state index contributed by atoms with van der Waals surface area (Å²) in [7, 11) is 0. The normalized spacial score (nSPS) is 11.5. The lowest BCUT2D eigenvalue weighted by Crippen LogP contribution is -2.26. The van der Waals surface area contributed by atoms with Crippen molar-refractivity contribution in [2.75, 3.05) is 6.54 Å². The minimum atomic E-state index is -4.57. The molecule has 0 atom stereocenters. The number of alkyl halides is 3. The summed E-state index contributed by atoms with van der Waals surface area (Å²) < 4.78 is 42.8. The first-order valence-electron chi connectivity index (χ1n) is 7.75. The van der Waals surface area contributed by atoms with Crippen LogP contribution < -0.4 is 5.32 Å². The van der Waals surface area contributed by atoms with Crippen LogP contribution in [0.1, 0.15) is 27.4 Å². The maximum Gasteiger partial charge on any atom is 0.432 e. The largest absolute Gasteiger partial charge is 0.444 e. The number of halogens is 3. The summed E-state index contributed by atoms with van der Waals surface area (Å²) in [6.45, 7) is 2.16. The highest BCUT2D eigenvalue weighted by atomic mass is 19.4. The third-order valence-corrected chi connectivity index (χ3v) is 3.63. The lowest BCUT2D eigenvalue weighted by molar-refractivity contribution is -0.141. The van der Waals surface area contributed by atoms with E-state index in [9.17, 15) is 18.0 Å². The number of rotatable bonds is 5. The Balaban J connectivity index is 1.54. The van der Waals surface area contributed by atoms with Crippen LogP contribution in [0.2, 0.25) is 0 Å². The minimum absolute atomic E-state index is 0.187. The molecular formula is C17H15F3N4O2. The summed E-state index contributed by atoms with van der Waals surface area (Å²) in [6.07, 6.45) is -2.71. The van der Waals surface area contributed by atoms with Crippen LogP contribution in [0.25, 0.3) is 11.5 Å². The highest BCUT2D eigenvalue weighted by molar-refractivity contribution is 5.92. The van der Waals surface area contributed by atoms with Gasteiger partial charge in [0.25, 0.3) is 5.91 Å².